The van der Waals surface area contributed by atoms with E-state index >= 15 is 0 Å². The van der Waals surface area contributed by atoms with Gasteiger partial charge in [-0.1, -0.05) is 30.3 Å². The molecule has 0 atom stereocenters. The van der Waals surface area contributed by atoms with Crippen LogP contribution in [0.5, 0.6) is 5.75 Å². The minimum Gasteiger partial charge on any atom is -0.497 e. The number of benzene rings is 3. The predicted octanol–water partition coefficient (Wildman–Crippen LogP) is 5.59. The molecule has 4 rings (SSSR count). The van der Waals surface area contributed by atoms with Crippen molar-refractivity contribution in [1.29, 1.82) is 0 Å². The molecular weight excluding hydrogens is 451 g/mol. The molecule has 0 aliphatic heterocycles. The molecule has 176 valence electrons. The molecule has 0 fully saturated rings. The summed E-state index contributed by atoms with van der Waals surface area (Å²) in [5, 5.41) is 14.3. The number of fused-ring (bicyclic) bond motifs is 1. The third kappa shape index (κ3) is 5.11. The summed E-state index contributed by atoms with van der Waals surface area (Å²) in [6.07, 6.45) is 2.88. The number of nitrogens with zero attached hydrogens (tertiary/aromatic N) is 1. The maximum Gasteiger partial charge on any atom is 0.352 e. The van der Waals surface area contributed by atoms with Crippen LogP contribution in [0, 0.1) is 5.82 Å². The number of carbonyl (C=O) groups is 1. The second-order valence-corrected chi connectivity index (χ2v) is 8.85. The number of hydrogen-bond acceptors (Lipinski definition) is 4. The highest BCUT2D eigenvalue weighted by molar-refractivity contribution is 7.98. The average Bonchev–Trinajstić information content (AvgIpc) is 3.16. The number of nitrogens with one attached hydrogen (secondary N) is 1. The Hall–Kier alpha value is -3.29. The van der Waals surface area contributed by atoms with Gasteiger partial charge in [-0.15, -0.1) is 11.8 Å². The molecule has 0 aliphatic rings. The van der Waals surface area contributed by atoms with Crippen molar-refractivity contribution in [3.8, 4) is 5.75 Å². The van der Waals surface area contributed by atoms with Crippen molar-refractivity contribution in [2.45, 2.75) is 24.4 Å². The van der Waals surface area contributed by atoms with Crippen molar-refractivity contribution in [2.75, 3.05) is 19.9 Å². The van der Waals surface area contributed by atoms with Crippen molar-refractivity contribution >= 4 is 28.6 Å². The van der Waals surface area contributed by atoms with Crippen LogP contribution in [0.2, 0.25) is 0 Å². The van der Waals surface area contributed by atoms with Crippen molar-refractivity contribution in [3.05, 3.63) is 94.9 Å². The maximum atomic E-state index is 14.4. The smallest absolute Gasteiger partial charge is 0.352 e. The van der Waals surface area contributed by atoms with E-state index in [2.05, 4.69) is 35.8 Å². The fraction of sp³-hybridized carbons (Fsp3) is 0.222. The molecule has 4 aromatic rings. The summed E-state index contributed by atoms with van der Waals surface area (Å²) in [4.78, 5) is 13.6. The number of methoxy groups -OCH3 is 1. The number of halogens is 1. The van der Waals surface area contributed by atoms with Gasteiger partial charge in [0.2, 0.25) is 0 Å². The summed E-state index contributed by atoms with van der Waals surface area (Å²) in [7, 11) is 1.57. The minimum absolute atomic E-state index is 0.111. The molecule has 7 heteroatoms. The van der Waals surface area contributed by atoms with Gasteiger partial charge in [0.15, 0.2) is 0 Å². The van der Waals surface area contributed by atoms with E-state index in [1.807, 2.05) is 12.1 Å². The van der Waals surface area contributed by atoms with E-state index in [1.54, 1.807) is 47.7 Å². The zero-order valence-corrected chi connectivity index (χ0v) is 20.0. The van der Waals surface area contributed by atoms with Crippen LogP contribution in [0.3, 0.4) is 0 Å². The summed E-state index contributed by atoms with van der Waals surface area (Å²) in [5.74, 6) is -0.795. The van der Waals surface area contributed by atoms with Gasteiger partial charge in [0.05, 0.1) is 19.2 Å². The molecule has 5 nitrogen and oxygen atoms in total. The molecule has 1 heterocycles. The van der Waals surface area contributed by atoms with Crippen molar-refractivity contribution < 1.29 is 19.0 Å². The first-order valence-electron chi connectivity index (χ1n) is 11.0. The molecule has 0 radical (unpaired) electrons. The highest BCUT2D eigenvalue weighted by Gasteiger charge is 2.23. The van der Waals surface area contributed by atoms with E-state index in [-0.39, 0.29) is 18.1 Å². The lowest BCUT2D eigenvalue weighted by Gasteiger charge is -2.11. The number of thioether (sulfide) groups is 1. The van der Waals surface area contributed by atoms with E-state index in [0.717, 1.165) is 11.8 Å². The lowest BCUT2D eigenvalue weighted by Crippen LogP contribution is -2.19. The molecule has 0 aliphatic carbocycles. The summed E-state index contributed by atoms with van der Waals surface area (Å²) >= 11 is 1.71. The number of carboxylic acids is 1. The zero-order chi connectivity index (χ0) is 24.1. The van der Waals surface area contributed by atoms with Crippen LogP contribution in [0.25, 0.3) is 10.9 Å². The van der Waals surface area contributed by atoms with Crippen LogP contribution in [-0.4, -0.2) is 35.6 Å². The van der Waals surface area contributed by atoms with Crippen LogP contribution in [0.15, 0.2) is 71.6 Å². The van der Waals surface area contributed by atoms with Crippen LogP contribution < -0.4 is 10.1 Å². The van der Waals surface area contributed by atoms with E-state index in [0.29, 0.717) is 35.5 Å². The lowest BCUT2D eigenvalue weighted by molar-refractivity contribution is 0.0684. The molecule has 2 N–H and O–H groups in total. The first-order chi connectivity index (χ1) is 16.5. The predicted molar refractivity (Wildman–Crippen MR) is 135 cm³/mol. The topological polar surface area (TPSA) is 63.5 Å². The Morgan fingerprint density at radius 3 is 2.56 bits per heavy atom. The third-order valence-corrected chi connectivity index (χ3v) is 6.66. The fourth-order valence-electron chi connectivity index (χ4n) is 4.15. The lowest BCUT2D eigenvalue weighted by atomic mass is 10.1. The SMILES string of the molecule is COc1ccc2c(CNCCc3ccc(SC)cc3)c(C(=O)O)n(Cc3ccccc3F)c2c1. The van der Waals surface area contributed by atoms with Gasteiger partial charge in [-0.25, -0.2) is 9.18 Å². The first kappa shape index (κ1) is 23.9. The highest BCUT2D eigenvalue weighted by atomic mass is 32.2. The number of ether oxygens (including phenoxy) is 1. The molecule has 3 aromatic carbocycles. The van der Waals surface area contributed by atoms with Crippen molar-refractivity contribution in [3.63, 3.8) is 0 Å². The quantitative estimate of drug-likeness (QED) is 0.230. The summed E-state index contributed by atoms with van der Waals surface area (Å²) in [6, 6.07) is 20.4. The molecule has 0 saturated heterocycles. The summed E-state index contributed by atoms with van der Waals surface area (Å²) in [6.45, 7) is 1.20. The Morgan fingerprint density at radius 1 is 1.12 bits per heavy atom. The van der Waals surface area contributed by atoms with Crippen molar-refractivity contribution in [2.24, 2.45) is 0 Å². The molecule has 0 bridgehead atoms. The largest absolute Gasteiger partial charge is 0.497 e. The third-order valence-electron chi connectivity index (χ3n) is 5.92. The number of aromatic nitrogens is 1. The Bertz CT molecular complexity index is 1300. The Kier molecular flexibility index (Phi) is 7.55. The molecule has 0 spiro atoms. The zero-order valence-electron chi connectivity index (χ0n) is 19.2. The Morgan fingerprint density at radius 2 is 1.88 bits per heavy atom. The van der Waals surface area contributed by atoms with Crippen LogP contribution in [-0.2, 0) is 19.5 Å². The second-order valence-electron chi connectivity index (χ2n) is 7.97. The first-order valence-corrected chi connectivity index (χ1v) is 12.2. The van der Waals surface area contributed by atoms with Crippen LogP contribution in [0.1, 0.15) is 27.2 Å². The number of aromatic carboxylic acids is 1. The second kappa shape index (κ2) is 10.8. The summed E-state index contributed by atoms with van der Waals surface area (Å²) < 4.78 is 21.5. The van der Waals surface area contributed by atoms with Gasteiger partial charge in [0.1, 0.15) is 17.3 Å². The van der Waals surface area contributed by atoms with Gasteiger partial charge in [0, 0.05) is 34.0 Å². The van der Waals surface area contributed by atoms with Gasteiger partial charge < -0.3 is 19.7 Å². The van der Waals surface area contributed by atoms with E-state index in [9.17, 15) is 14.3 Å². The van der Waals surface area contributed by atoms with Gasteiger partial charge in [-0.2, -0.15) is 0 Å². The molecule has 0 unspecified atom stereocenters. The molecular formula is C27H27FN2O3S. The normalized spacial score (nSPS) is 11.1. The standard InChI is InChI=1S/C27H27FN2O3S/c1-33-20-9-12-22-23(16-29-14-13-18-7-10-21(34-2)11-8-18)26(27(31)32)30(25(22)15-20)17-19-5-3-4-6-24(19)28/h3-12,15,29H,13-14,16-17H2,1-2H3,(H,31,32). The number of rotatable bonds is 10. The monoisotopic (exact) mass is 478 g/mol. The van der Waals surface area contributed by atoms with Crippen LogP contribution in [0.4, 0.5) is 4.39 Å². The van der Waals surface area contributed by atoms with Gasteiger partial charge in [-0.3, -0.25) is 0 Å². The average molecular weight is 479 g/mol. The van der Waals surface area contributed by atoms with E-state index in [4.69, 9.17) is 4.74 Å². The highest BCUT2D eigenvalue weighted by Crippen LogP contribution is 2.31. The van der Waals surface area contributed by atoms with E-state index < -0.39 is 5.97 Å². The van der Waals surface area contributed by atoms with Crippen LogP contribution >= 0.6 is 11.8 Å². The molecule has 1 aromatic heterocycles. The van der Waals surface area contributed by atoms with E-state index in [1.165, 1.54) is 16.5 Å². The Balaban J connectivity index is 1.64. The summed E-state index contributed by atoms with van der Waals surface area (Å²) in [5.41, 5.74) is 3.18. The van der Waals surface area contributed by atoms with Gasteiger partial charge >= 0.3 is 5.97 Å². The van der Waals surface area contributed by atoms with Crippen molar-refractivity contribution in [1.82, 2.24) is 9.88 Å². The molecule has 0 saturated carbocycles. The molecule has 34 heavy (non-hydrogen) atoms. The van der Waals surface area contributed by atoms with Gasteiger partial charge in [0.25, 0.3) is 0 Å². The number of hydrogen-bond donors (Lipinski definition) is 2. The molecule has 0 amide bonds. The number of carboxylic acid groups (broad SMARTS) is 1. The van der Waals surface area contributed by atoms with Gasteiger partial charge in [-0.05, 0) is 55.1 Å². The fourth-order valence-corrected chi connectivity index (χ4v) is 4.56. The Labute approximate surface area is 202 Å². The maximum absolute atomic E-state index is 14.4. The minimum atomic E-state index is -1.05.